The summed E-state index contributed by atoms with van der Waals surface area (Å²) in [5.41, 5.74) is 9.89. The smallest absolute Gasteiger partial charge is 0.156 e. The number of halogens is 1. The van der Waals surface area contributed by atoms with Crippen LogP contribution in [0.5, 0.6) is 0 Å². The number of nitrogens with one attached hydrogen (secondary N) is 1. The maximum Gasteiger partial charge on any atom is 0.156 e. The van der Waals surface area contributed by atoms with E-state index in [1.54, 1.807) is 10.7 Å². The Morgan fingerprint density at radius 1 is 1.33 bits per heavy atom. The number of benzene rings is 1. The van der Waals surface area contributed by atoms with E-state index in [1.807, 2.05) is 26.1 Å². The highest BCUT2D eigenvalue weighted by Gasteiger charge is 2.12. The summed E-state index contributed by atoms with van der Waals surface area (Å²) in [5, 5.41) is 4.89. The van der Waals surface area contributed by atoms with Gasteiger partial charge in [-0.1, -0.05) is 11.6 Å². The van der Waals surface area contributed by atoms with E-state index >= 15 is 0 Å². The first-order valence-electron chi connectivity index (χ1n) is 5.50. The minimum Gasteiger partial charge on any atom is -0.397 e. The maximum absolute atomic E-state index is 5.97. The van der Waals surface area contributed by atoms with E-state index in [4.69, 9.17) is 17.3 Å². The van der Waals surface area contributed by atoms with Gasteiger partial charge in [-0.15, -0.1) is 0 Å². The molecule has 3 N–H and O–H groups in total. The summed E-state index contributed by atoms with van der Waals surface area (Å²) >= 11 is 5.97. The van der Waals surface area contributed by atoms with Crippen molar-refractivity contribution >= 4 is 28.3 Å². The predicted molar refractivity (Wildman–Crippen MR) is 72.5 cm³/mol. The van der Waals surface area contributed by atoms with Crippen LogP contribution in [0.3, 0.4) is 0 Å². The number of aryl methyl sites for hydroxylation is 2. The summed E-state index contributed by atoms with van der Waals surface area (Å²) < 4.78 is 1.78. The van der Waals surface area contributed by atoms with Crippen LogP contribution in [0.25, 0.3) is 22.6 Å². The number of hydrogen-bond donors (Lipinski definition) is 2. The molecule has 6 heteroatoms. The number of nitrogen functional groups attached to an aromatic ring is 1. The van der Waals surface area contributed by atoms with Crippen molar-refractivity contribution in [1.82, 2.24) is 19.7 Å². The van der Waals surface area contributed by atoms with Crippen LogP contribution in [0.15, 0.2) is 18.2 Å². The second-order valence-corrected chi connectivity index (χ2v) is 4.71. The minimum atomic E-state index is 0.568. The van der Waals surface area contributed by atoms with Crippen molar-refractivity contribution in [2.24, 2.45) is 7.05 Å². The van der Waals surface area contributed by atoms with Gasteiger partial charge in [0.1, 0.15) is 11.2 Å². The predicted octanol–water partition coefficient (Wildman–Crippen LogP) is 2.51. The fourth-order valence-corrected chi connectivity index (χ4v) is 2.29. The summed E-state index contributed by atoms with van der Waals surface area (Å²) in [6.45, 7) is 1.94. The summed E-state index contributed by atoms with van der Waals surface area (Å²) in [4.78, 5) is 7.71. The zero-order valence-corrected chi connectivity index (χ0v) is 10.8. The molecular formula is C12H12ClN5. The van der Waals surface area contributed by atoms with E-state index in [0.717, 1.165) is 28.2 Å². The summed E-state index contributed by atoms with van der Waals surface area (Å²) in [5.74, 6) is 0.738. The number of anilines is 1. The number of hydrogen-bond acceptors (Lipinski definition) is 3. The van der Waals surface area contributed by atoms with Crippen LogP contribution < -0.4 is 5.73 Å². The van der Waals surface area contributed by atoms with E-state index in [2.05, 4.69) is 15.1 Å². The van der Waals surface area contributed by atoms with Crippen molar-refractivity contribution in [2.45, 2.75) is 6.92 Å². The van der Waals surface area contributed by atoms with Gasteiger partial charge in [0.2, 0.25) is 0 Å². The van der Waals surface area contributed by atoms with Crippen LogP contribution in [0.4, 0.5) is 5.69 Å². The van der Waals surface area contributed by atoms with Crippen LogP contribution in [-0.2, 0) is 7.05 Å². The first kappa shape index (κ1) is 11.1. The number of aromatic nitrogens is 4. The molecule has 0 aliphatic heterocycles. The largest absolute Gasteiger partial charge is 0.397 e. The topological polar surface area (TPSA) is 72.5 Å². The van der Waals surface area contributed by atoms with Crippen molar-refractivity contribution in [3.05, 3.63) is 28.9 Å². The van der Waals surface area contributed by atoms with Gasteiger partial charge in [0, 0.05) is 12.1 Å². The second-order valence-electron chi connectivity index (χ2n) is 4.27. The average Bonchev–Trinajstić information content (AvgIpc) is 2.81. The molecule has 0 saturated heterocycles. The molecule has 0 unspecified atom stereocenters. The molecule has 3 rings (SSSR count). The van der Waals surface area contributed by atoms with Gasteiger partial charge in [0.05, 0.1) is 16.9 Å². The second kappa shape index (κ2) is 3.74. The number of fused-ring (bicyclic) bond motifs is 1. The molecule has 1 aromatic carbocycles. The molecule has 0 aliphatic carbocycles. The highest BCUT2D eigenvalue weighted by Crippen LogP contribution is 2.27. The Balaban J connectivity index is 2.25. The van der Waals surface area contributed by atoms with Crippen LogP contribution in [0.1, 0.15) is 5.69 Å². The van der Waals surface area contributed by atoms with Crippen molar-refractivity contribution < 1.29 is 0 Å². The zero-order chi connectivity index (χ0) is 12.9. The molecule has 0 bridgehead atoms. The fourth-order valence-electron chi connectivity index (χ4n) is 2.06. The van der Waals surface area contributed by atoms with Crippen LogP contribution in [-0.4, -0.2) is 19.7 Å². The Bertz CT molecular complexity index is 740. The van der Waals surface area contributed by atoms with E-state index in [9.17, 15) is 0 Å². The number of imidazole rings is 1. The monoisotopic (exact) mass is 261 g/mol. The van der Waals surface area contributed by atoms with Gasteiger partial charge in [0.15, 0.2) is 5.82 Å². The Morgan fingerprint density at radius 2 is 2.11 bits per heavy atom. The quantitative estimate of drug-likeness (QED) is 0.661. The maximum atomic E-state index is 5.97. The lowest BCUT2D eigenvalue weighted by atomic mass is 10.3. The van der Waals surface area contributed by atoms with E-state index in [-0.39, 0.29) is 0 Å². The number of nitrogens with two attached hydrogens (primary N) is 1. The van der Waals surface area contributed by atoms with Gasteiger partial charge in [0.25, 0.3) is 0 Å². The molecule has 2 heterocycles. The third-order valence-corrected chi connectivity index (χ3v) is 3.04. The highest BCUT2D eigenvalue weighted by molar-refractivity contribution is 6.31. The van der Waals surface area contributed by atoms with E-state index < -0.39 is 0 Å². The van der Waals surface area contributed by atoms with Gasteiger partial charge in [-0.05, 0) is 25.1 Å². The Morgan fingerprint density at radius 3 is 2.78 bits per heavy atom. The van der Waals surface area contributed by atoms with Crippen molar-refractivity contribution in [3.63, 3.8) is 0 Å². The van der Waals surface area contributed by atoms with Crippen molar-refractivity contribution in [3.8, 4) is 11.5 Å². The lowest BCUT2D eigenvalue weighted by molar-refractivity contribution is 0.760. The molecular weight excluding hydrogens is 250 g/mol. The lowest BCUT2D eigenvalue weighted by Gasteiger charge is -1.95. The van der Waals surface area contributed by atoms with Crippen molar-refractivity contribution in [1.29, 1.82) is 0 Å². The number of H-pyrrole nitrogens is 1. The molecule has 0 amide bonds. The Kier molecular flexibility index (Phi) is 2.31. The molecule has 3 aromatic rings. The molecule has 0 spiro atoms. The number of aromatic amines is 1. The van der Waals surface area contributed by atoms with Gasteiger partial charge in [-0.3, -0.25) is 4.68 Å². The Hall–Kier alpha value is -2.01. The first-order chi connectivity index (χ1) is 8.54. The molecule has 92 valence electrons. The SMILES string of the molecule is Cc1cc(-c2nc3c(N)cc(Cl)cc3[nH]2)n(C)n1. The first-order valence-corrected chi connectivity index (χ1v) is 5.88. The average molecular weight is 262 g/mol. The van der Waals surface area contributed by atoms with Crippen LogP contribution in [0.2, 0.25) is 5.02 Å². The van der Waals surface area contributed by atoms with E-state index in [0.29, 0.717) is 10.7 Å². The highest BCUT2D eigenvalue weighted by atomic mass is 35.5. The molecule has 18 heavy (non-hydrogen) atoms. The lowest BCUT2D eigenvalue weighted by Crippen LogP contribution is -1.94. The molecule has 0 atom stereocenters. The van der Waals surface area contributed by atoms with Crippen LogP contribution >= 0.6 is 11.6 Å². The molecule has 0 aliphatic rings. The number of nitrogens with zero attached hydrogens (tertiary/aromatic N) is 3. The minimum absolute atomic E-state index is 0.568. The summed E-state index contributed by atoms with van der Waals surface area (Å²) in [7, 11) is 1.88. The summed E-state index contributed by atoms with van der Waals surface area (Å²) in [6.07, 6.45) is 0. The number of rotatable bonds is 1. The van der Waals surface area contributed by atoms with E-state index in [1.165, 1.54) is 0 Å². The Labute approximate surface area is 109 Å². The summed E-state index contributed by atoms with van der Waals surface area (Å²) in [6, 6.07) is 5.48. The standard InChI is InChI=1S/C12H12ClN5/c1-6-3-10(18(2)17-6)12-15-9-5-7(13)4-8(14)11(9)16-12/h3-5H,14H2,1-2H3,(H,15,16). The third-order valence-electron chi connectivity index (χ3n) is 2.83. The van der Waals surface area contributed by atoms with Crippen molar-refractivity contribution in [2.75, 3.05) is 5.73 Å². The third kappa shape index (κ3) is 1.64. The molecule has 0 saturated carbocycles. The normalized spacial score (nSPS) is 11.3. The van der Waals surface area contributed by atoms with Gasteiger partial charge >= 0.3 is 0 Å². The van der Waals surface area contributed by atoms with Gasteiger partial charge in [-0.25, -0.2) is 4.98 Å². The van der Waals surface area contributed by atoms with Crippen LogP contribution in [0, 0.1) is 6.92 Å². The van der Waals surface area contributed by atoms with Gasteiger partial charge < -0.3 is 10.7 Å². The van der Waals surface area contributed by atoms with Gasteiger partial charge in [-0.2, -0.15) is 5.10 Å². The molecule has 2 aromatic heterocycles. The molecule has 0 radical (unpaired) electrons. The fraction of sp³-hybridized carbons (Fsp3) is 0.167. The molecule has 5 nitrogen and oxygen atoms in total. The molecule has 0 fully saturated rings. The zero-order valence-electron chi connectivity index (χ0n) is 10.0.